The topological polar surface area (TPSA) is 117 Å². The van der Waals surface area contributed by atoms with E-state index < -0.39 is 11.9 Å². The molecule has 172 valence electrons. The van der Waals surface area contributed by atoms with Gasteiger partial charge in [-0.2, -0.15) is 0 Å². The highest BCUT2D eigenvalue weighted by Gasteiger charge is 2.35. The SMILES string of the molecule is C=C/C=C(/CNC(=O)C(NC(=O)c1cc(C2CC2)on1)C1CCN(C(=O)CC)CC1)N=C. The van der Waals surface area contributed by atoms with Crippen molar-refractivity contribution in [3.8, 4) is 0 Å². The first-order chi connectivity index (χ1) is 15.5. The van der Waals surface area contributed by atoms with Crippen molar-refractivity contribution >= 4 is 24.4 Å². The second-order valence-electron chi connectivity index (χ2n) is 8.18. The molecule has 1 aromatic rings. The number of nitrogens with zero attached hydrogens (tertiary/aromatic N) is 3. The molecule has 2 N–H and O–H groups in total. The van der Waals surface area contributed by atoms with E-state index in [0.717, 1.165) is 12.8 Å². The minimum absolute atomic E-state index is 0.0972. The smallest absolute Gasteiger partial charge is 0.274 e. The third kappa shape index (κ3) is 5.93. The minimum Gasteiger partial charge on any atom is -0.360 e. The Morgan fingerprint density at radius 2 is 2.03 bits per heavy atom. The average molecular weight is 442 g/mol. The van der Waals surface area contributed by atoms with Crippen molar-refractivity contribution in [3.63, 3.8) is 0 Å². The van der Waals surface area contributed by atoms with Gasteiger partial charge in [0.05, 0.1) is 12.2 Å². The predicted octanol–water partition coefficient (Wildman–Crippen LogP) is 2.19. The van der Waals surface area contributed by atoms with Gasteiger partial charge in [-0.1, -0.05) is 24.7 Å². The summed E-state index contributed by atoms with van der Waals surface area (Å²) >= 11 is 0. The molecule has 1 saturated heterocycles. The van der Waals surface area contributed by atoms with Gasteiger partial charge in [-0.15, -0.1) is 0 Å². The Hall–Kier alpha value is -3.23. The lowest BCUT2D eigenvalue weighted by Crippen LogP contribution is -2.54. The van der Waals surface area contributed by atoms with Crippen LogP contribution in [0.5, 0.6) is 0 Å². The summed E-state index contributed by atoms with van der Waals surface area (Å²) in [6.07, 6.45) is 6.98. The van der Waals surface area contributed by atoms with Gasteiger partial charge in [0, 0.05) is 31.5 Å². The maximum absolute atomic E-state index is 13.1. The molecular weight excluding hydrogens is 410 g/mol. The van der Waals surface area contributed by atoms with E-state index in [0.29, 0.717) is 49.7 Å². The Morgan fingerprint density at radius 1 is 1.31 bits per heavy atom. The minimum atomic E-state index is -0.766. The first kappa shape index (κ1) is 23.4. The highest BCUT2D eigenvalue weighted by molar-refractivity contribution is 5.96. The summed E-state index contributed by atoms with van der Waals surface area (Å²) in [7, 11) is 0. The maximum Gasteiger partial charge on any atom is 0.274 e. The number of likely N-dealkylation sites (tertiary alicyclic amines) is 1. The number of hydrogen-bond acceptors (Lipinski definition) is 6. The van der Waals surface area contributed by atoms with Crippen molar-refractivity contribution < 1.29 is 18.9 Å². The van der Waals surface area contributed by atoms with Gasteiger partial charge >= 0.3 is 0 Å². The molecule has 32 heavy (non-hydrogen) atoms. The molecule has 3 rings (SSSR count). The molecule has 1 unspecified atom stereocenters. The molecule has 1 aliphatic carbocycles. The van der Waals surface area contributed by atoms with Crippen LogP contribution in [0.3, 0.4) is 0 Å². The highest BCUT2D eigenvalue weighted by Crippen LogP contribution is 2.40. The molecule has 1 aliphatic heterocycles. The van der Waals surface area contributed by atoms with Gasteiger partial charge in [0.15, 0.2) is 5.69 Å². The van der Waals surface area contributed by atoms with Crippen LogP contribution in [0.4, 0.5) is 0 Å². The number of hydrogen-bond donors (Lipinski definition) is 2. The number of rotatable bonds is 10. The lowest BCUT2D eigenvalue weighted by molar-refractivity contribution is -0.132. The molecule has 0 aromatic carbocycles. The molecule has 2 fully saturated rings. The zero-order valence-corrected chi connectivity index (χ0v) is 18.5. The second kappa shape index (κ2) is 10.9. The Morgan fingerprint density at radius 3 is 2.62 bits per heavy atom. The van der Waals surface area contributed by atoms with Crippen LogP contribution in [0.1, 0.15) is 61.2 Å². The molecule has 0 radical (unpaired) electrons. The molecule has 2 heterocycles. The van der Waals surface area contributed by atoms with Crippen molar-refractivity contribution in [2.75, 3.05) is 19.6 Å². The molecule has 0 bridgehead atoms. The van der Waals surface area contributed by atoms with Gasteiger partial charge in [0.2, 0.25) is 11.8 Å². The Kier molecular flexibility index (Phi) is 7.97. The predicted molar refractivity (Wildman–Crippen MR) is 120 cm³/mol. The second-order valence-corrected chi connectivity index (χ2v) is 8.18. The van der Waals surface area contributed by atoms with E-state index in [1.54, 1.807) is 23.1 Å². The summed E-state index contributed by atoms with van der Waals surface area (Å²) in [6.45, 7) is 10.2. The van der Waals surface area contributed by atoms with Crippen LogP contribution < -0.4 is 10.6 Å². The number of allylic oxidation sites excluding steroid dienone is 2. The summed E-state index contributed by atoms with van der Waals surface area (Å²) in [5, 5.41) is 9.55. The lowest BCUT2D eigenvalue weighted by atomic mass is 9.88. The third-order valence-corrected chi connectivity index (χ3v) is 5.93. The maximum atomic E-state index is 13.1. The zero-order valence-electron chi connectivity index (χ0n) is 18.5. The number of amides is 3. The molecule has 1 aromatic heterocycles. The van der Waals surface area contributed by atoms with Crippen LogP contribution in [-0.4, -0.2) is 60.2 Å². The van der Waals surface area contributed by atoms with Gasteiger partial charge in [-0.25, -0.2) is 0 Å². The van der Waals surface area contributed by atoms with Crippen LogP contribution in [0, 0.1) is 5.92 Å². The van der Waals surface area contributed by atoms with E-state index in [4.69, 9.17) is 4.52 Å². The standard InChI is InChI=1S/C23H31N5O4/c1-4-6-17(24-3)14-25-23(31)21(16-9-11-28(12-10-16)20(29)5-2)26-22(30)18-13-19(32-27-18)15-7-8-15/h4,6,13,15-16,21H,1,3,5,7-12,14H2,2H3,(H,25,31)(H,26,30)/b17-6-. The summed E-state index contributed by atoms with van der Waals surface area (Å²) < 4.78 is 5.28. The molecular formula is C23H31N5O4. The quantitative estimate of drug-likeness (QED) is 0.426. The fourth-order valence-corrected chi connectivity index (χ4v) is 3.87. The van der Waals surface area contributed by atoms with Crippen molar-refractivity contribution in [2.24, 2.45) is 10.9 Å². The van der Waals surface area contributed by atoms with E-state index in [1.807, 2.05) is 6.92 Å². The monoisotopic (exact) mass is 441 g/mol. The molecule has 9 heteroatoms. The van der Waals surface area contributed by atoms with Gasteiger partial charge in [0.1, 0.15) is 11.8 Å². The van der Waals surface area contributed by atoms with Gasteiger partial charge in [0.25, 0.3) is 5.91 Å². The van der Waals surface area contributed by atoms with E-state index in [2.05, 4.69) is 34.1 Å². The number of carbonyl (C=O) groups is 3. The van der Waals surface area contributed by atoms with Gasteiger partial charge in [-0.05, 0) is 44.4 Å². The van der Waals surface area contributed by atoms with Crippen LogP contribution >= 0.6 is 0 Å². The van der Waals surface area contributed by atoms with Crippen LogP contribution in [0.2, 0.25) is 0 Å². The first-order valence-corrected chi connectivity index (χ1v) is 11.1. The molecule has 9 nitrogen and oxygen atoms in total. The summed E-state index contributed by atoms with van der Waals surface area (Å²) in [5.41, 5.74) is 0.732. The third-order valence-electron chi connectivity index (χ3n) is 5.93. The summed E-state index contributed by atoms with van der Waals surface area (Å²) in [5.74, 6) is 0.265. The van der Waals surface area contributed by atoms with E-state index in [9.17, 15) is 14.4 Å². The van der Waals surface area contributed by atoms with E-state index in [-0.39, 0.29) is 30.0 Å². The van der Waals surface area contributed by atoms with Crippen molar-refractivity contribution in [1.29, 1.82) is 0 Å². The molecule has 2 aliphatic rings. The normalized spacial score (nSPS) is 18.0. The molecule has 1 saturated carbocycles. The van der Waals surface area contributed by atoms with E-state index >= 15 is 0 Å². The largest absolute Gasteiger partial charge is 0.360 e. The van der Waals surface area contributed by atoms with Crippen molar-refractivity contribution in [3.05, 3.63) is 41.9 Å². The fraction of sp³-hybridized carbons (Fsp3) is 0.522. The number of carbonyl (C=O) groups excluding carboxylic acids is 3. The molecule has 3 amide bonds. The van der Waals surface area contributed by atoms with E-state index in [1.165, 1.54) is 0 Å². The summed E-state index contributed by atoms with van der Waals surface area (Å²) in [4.78, 5) is 43.6. The van der Waals surface area contributed by atoms with Crippen LogP contribution in [0.15, 0.2) is 40.0 Å². The lowest BCUT2D eigenvalue weighted by Gasteiger charge is -2.35. The first-order valence-electron chi connectivity index (χ1n) is 11.1. The van der Waals surface area contributed by atoms with Crippen molar-refractivity contribution in [2.45, 2.75) is 51.0 Å². The molecule has 1 atom stereocenters. The molecule has 0 spiro atoms. The average Bonchev–Trinajstić information content (AvgIpc) is 3.55. The summed E-state index contributed by atoms with van der Waals surface area (Å²) in [6, 6.07) is 0.883. The highest BCUT2D eigenvalue weighted by atomic mass is 16.5. The number of aromatic nitrogens is 1. The number of aliphatic imine (C=N–C) groups is 1. The Labute approximate surface area is 188 Å². The van der Waals surface area contributed by atoms with Gasteiger partial charge < -0.3 is 20.1 Å². The zero-order chi connectivity index (χ0) is 23.1. The van der Waals surface area contributed by atoms with Gasteiger partial charge in [-0.3, -0.25) is 19.4 Å². The van der Waals surface area contributed by atoms with Crippen LogP contribution in [-0.2, 0) is 9.59 Å². The van der Waals surface area contributed by atoms with Crippen LogP contribution in [0.25, 0.3) is 0 Å². The number of piperidine rings is 1. The van der Waals surface area contributed by atoms with Crippen molar-refractivity contribution in [1.82, 2.24) is 20.7 Å². The Balaban J connectivity index is 1.69. The number of nitrogens with one attached hydrogen (secondary N) is 2. The fourth-order valence-electron chi connectivity index (χ4n) is 3.87. The Bertz CT molecular complexity index is 894.